The first-order valence-corrected chi connectivity index (χ1v) is 10.4. The van der Waals surface area contributed by atoms with Crippen LogP contribution in [0.4, 0.5) is 26.3 Å². The van der Waals surface area contributed by atoms with Crippen LogP contribution in [0.1, 0.15) is 33.0 Å². The van der Waals surface area contributed by atoms with E-state index in [0.717, 1.165) is 30.3 Å². The number of nitrogens with one attached hydrogen (secondary N) is 2. The van der Waals surface area contributed by atoms with Gasteiger partial charge in [0.15, 0.2) is 0 Å². The van der Waals surface area contributed by atoms with Gasteiger partial charge in [-0.3, -0.25) is 4.79 Å². The summed E-state index contributed by atoms with van der Waals surface area (Å²) in [6.45, 7) is 0.430. The van der Waals surface area contributed by atoms with Gasteiger partial charge < -0.3 is 10.6 Å². The van der Waals surface area contributed by atoms with Gasteiger partial charge in [0.2, 0.25) is 0 Å². The Morgan fingerprint density at radius 2 is 1.59 bits per heavy atom. The van der Waals surface area contributed by atoms with E-state index in [-0.39, 0.29) is 45.1 Å². The molecule has 0 saturated carbocycles. The minimum absolute atomic E-state index is 0. The highest BCUT2D eigenvalue weighted by molar-refractivity contribution is 6.48. The third-order valence-corrected chi connectivity index (χ3v) is 5.65. The molecule has 3 nitrogen and oxygen atoms in total. The number of amides is 1. The molecule has 0 aliphatic carbocycles. The average Bonchev–Trinajstić information content (AvgIpc) is 2.70. The van der Waals surface area contributed by atoms with Crippen LogP contribution < -0.4 is 10.6 Å². The van der Waals surface area contributed by atoms with Gasteiger partial charge in [-0.05, 0) is 42.4 Å². The minimum Gasteiger partial charge on any atom is -0.351 e. The number of hydrogen-bond acceptors (Lipinski definition) is 2. The Bertz CT molecular complexity index is 1020. The van der Waals surface area contributed by atoms with Gasteiger partial charge in [0.05, 0.1) is 32.1 Å². The molecule has 0 radical (unpaired) electrons. The summed E-state index contributed by atoms with van der Waals surface area (Å²) in [7, 11) is 1.61. The lowest BCUT2D eigenvalue weighted by Gasteiger charge is -2.19. The molecule has 34 heavy (non-hydrogen) atoms. The minimum atomic E-state index is -4.90. The fraction of sp³-hybridized carbons (Fsp3) is 0.286. The van der Waals surface area contributed by atoms with Crippen molar-refractivity contribution in [1.82, 2.24) is 10.6 Å². The first-order valence-electron chi connectivity index (χ1n) is 9.29. The van der Waals surface area contributed by atoms with Crippen molar-refractivity contribution in [3.8, 4) is 0 Å². The molecule has 2 rings (SSSR count). The van der Waals surface area contributed by atoms with E-state index in [1.54, 1.807) is 7.05 Å². The molecule has 2 N–H and O–H groups in total. The molecule has 2 aromatic rings. The van der Waals surface area contributed by atoms with Crippen LogP contribution in [0.15, 0.2) is 36.4 Å². The van der Waals surface area contributed by atoms with Crippen LogP contribution in [-0.4, -0.2) is 32.2 Å². The fourth-order valence-electron chi connectivity index (χ4n) is 2.87. The number of halogens is 10. The molecule has 1 unspecified atom stereocenters. The first kappa shape index (κ1) is 30.4. The van der Waals surface area contributed by atoms with Crippen molar-refractivity contribution in [1.29, 1.82) is 0 Å². The summed E-state index contributed by atoms with van der Waals surface area (Å²) in [5.74, 6) is -3.17. The zero-order chi connectivity index (χ0) is 25.0. The lowest BCUT2D eigenvalue weighted by Crippen LogP contribution is -2.31. The highest BCUT2D eigenvalue weighted by atomic mass is 35.5. The summed E-state index contributed by atoms with van der Waals surface area (Å²) in [6, 6.07) is 4.61. The molecule has 0 aliphatic heterocycles. The second kappa shape index (κ2) is 12.4. The molecule has 2 aromatic carbocycles. The third kappa shape index (κ3) is 7.95. The van der Waals surface area contributed by atoms with Crippen molar-refractivity contribution in [3.63, 3.8) is 0 Å². The molecule has 1 amide bonds. The Kier molecular flexibility index (Phi) is 11.0. The van der Waals surface area contributed by atoms with Crippen molar-refractivity contribution in [3.05, 3.63) is 73.7 Å². The lowest BCUT2D eigenvalue weighted by atomic mass is 9.96. The second-order valence-corrected chi connectivity index (χ2v) is 8.03. The molecule has 0 saturated heterocycles. The van der Waals surface area contributed by atoms with Gasteiger partial charge in [-0.15, -0.1) is 12.4 Å². The summed E-state index contributed by atoms with van der Waals surface area (Å²) in [6.07, 6.45) is -8.14. The number of hydrogen-bond donors (Lipinski definition) is 2. The molecule has 0 fully saturated rings. The summed E-state index contributed by atoms with van der Waals surface area (Å²) in [5.41, 5.74) is -2.43. The number of benzene rings is 2. The van der Waals surface area contributed by atoms with Crippen LogP contribution in [0.25, 0.3) is 6.08 Å². The zero-order valence-corrected chi connectivity index (χ0v) is 20.3. The maximum atomic E-state index is 13.7. The van der Waals surface area contributed by atoms with Crippen LogP contribution in [0.3, 0.4) is 0 Å². The highest BCUT2D eigenvalue weighted by Crippen LogP contribution is 2.41. The number of allylic oxidation sites excluding steroid dienone is 1. The molecule has 13 heteroatoms. The number of carbonyl (C=O) groups is 1. The lowest BCUT2D eigenvalue weighted by molar-refractivity contribution is -0.139. The summed E-state index contributed by atoms with van der Waals surface area (Å²) < 4.78 is 81.5. The van der Waals surface area contributed by atoms with Gasteiger partial charge in [0.1, 0.15) is 0 Å². The van der Waals surface area contributed by atoms with E-state index in [1.165, 1.54) is 0 Å². The van der Waals surface area contributed by atoms with Crippen molar-refractivity contribution in [2.45, 2.75) is 18.3 Å². The van der Waals surface area contributed by atoms with Crippen molar-refractivity contribution < 1.29 is 31.1 Å². The molecule has 0 aromatic heterocycles. The Balaban J connectivity index is 0.00000578. The monoisotopic (exact) mass is 568 g/mol. The first-order chi connectivity index (χ1) is 15.3. The van der Waals surface area contributed by atoms with E-state index in [9.17, 15) is 31.1 Å². The molecule has 1 atom stereocenters. The van der Waals surface area contributed by atoms with E-state index in [4.69, 9.17) is 34.8 Å². The Hall–Kier alpha value is -1.65. The molecule has 188 valence electrons. The van der Waals surface area contributed by atoms with Gasteiger partial charge in [-0.2, -0.15) is 26.3 Å². The number of likely N-dealkylation sites (N-methyl/N-ethyl adjacent to an activating group) is 1. The Labute approximate surface area is 212 Å². The SMILES string of the molecule is CNCCNC(=O)c1ccc(/C=C/C(c2cc(Cl)c(Cl)c(Cl)c2)C(F)(F)F)cc1C(F)(F)F.Cl. The van der Waals surface area contributed by atoms with Crippen LogP contribution >= 0.6 is 47.2 Å². The summed E-state index contributed by atoms with van der Waals surface area (Å²) in [5, 5.41) is 4.55. The third-order valence-electron chi connectivity index (χ3n) is 4.45. The average molecular weight is 570 g/mol. The van der Waals surface area contributed by atoms with Crippen molar-refractivity contribution in [2.75, 3.05) is 20.1 Å². The van der Waals surface area contributed by atoms with Gasteiger partial charge in [-0.25, -0.2) is 0 Å². The van der Waals surface area contributed by atoms with E-state index in [0.29, 0.717) is 18.7 Å². The predicted octanol–water partition coefficient (Wildman–Crippen LogP) is 7.40. The van der Waals surface area contributed by atoms with Crippen molar-refractivity contribution in [2.24, 2.45) is 0 Å². The largest absolute Gasteiger partial charge is 0.417 e. The maximum Gasteiger partial charge on any atom is 0.417 e. The zero-order valence-electron chi connectivity index (χ0n) is 17.3. The van der Waals surface area contributed by atoms with Gasteiger partial charge >= 0.3 is 12.4 Å². The molecular formula is C21H18Cl4F6N2O. The predicted molar refractivity (Wildman–Crippen MR) is 124 cm³/mol. The van der Waals surface area contributed by atoms with Gasteiger partial charge in [0, 0.05) is 13.1 Å². The Morgan fingerprint density at radius 1 is 1.00 bits per heavy atom. The Morgan fingerprint density at radius 3 is 2.09 bits per heavy atom. The normalized spacial score (nSPS) is 13.0. The summed E-state index contributed by atoms with van der Waals surface area (Å²) >= 11 is 17.4. The number of alkyl halides is 6. The highest BCUT2D eigenvalue weighted by Gasteiger charge is 2.40. The fourth-order valence-corrected chi connectivity index (χ4v) is 3.48. The number of carbonyl (C=O) groups excluding carboxylic acids is 1. The topological polar surface area (TPSA) is 41.1 Å². The van der Waals surface area contributed by atoms with Crippen molar-refractivity contribution >= 4 is 59.2 Å². The maximum absolute atomic E-state index is 13.7. The smallest absolute Gasteiger partial charge is 0.351 e. The second-order valence-electron chi connectivity index (χ2n) is 6.84. The van der Waals surface area contributed by atoms with Crippen LogP contribution in [0.2, 0.25) is 15.1 Å². The molecule has 0 bridgehead atoms. The molecular weight excluding hydrogens is 552 g/mol. The standard InChI is InChI=1S/C21H17Cl3F6N2O.ClH/c1-31-6-7-32-19(33)13-4-2-11(8-15(13)21(28,29)30)3-5-14(20(25,26)27)12-9-16(22)18(24)17(23)10-12;/h2-5,8-10,14,31H,6-7H2,1H3,(H,32,33);1H/b5-3+;. The van der Waals surface area contributed by atoms with Gasteiger partial charge in [0.25, 0.3) is 5.91 Å². The van der Waals surface area contributed by atoms with Gasteiger partial charge in [-0.1, -0.05) is 53.0 Å². The molecule has 0 aliphatic rings. The van der Waals surface area contributed by atoms with E-state index in [1.807, 2.05) is 0 Å². The molecule has 0 spiro atoms. The number of rotatable bonds is 7. The summed E-state index contributed by atoms with van der Waals surface area (Å²) in [4.78, 5) is 12.1. The quantitative estimate of drug-likeness (QED) is 0.207. The van der Waals surface area contributed by atoms with Crippen LogP contribution in [0, 0.1) is 0 Å². The van der Waals surface area contributed by atoms with Crippen LogP contribution in [0.5, 0.6) is 0 Å². The van der Waals surface area contributed by atoms with Crippen LogP contribution in [-0.2, 0) is 6.18 Å². The van der Waals surface area contributed by atoms with E-state index >= 15 is 0 Å². The molecule has 0 heterocycles. The van der Waals surface area contributed by atoms with E-state index < -0.39 is 35.3 Å². The van der Waals surface area contributed by atoms with E-state index in [2.05, 4.69) is 10.6 Å².